The lowest BCUT2D eigenvalue weighted by Crippen LogP contribution is -2.47. The zero-order valence-electron chi connectivity index (χ0n) is 8.34. The summed E-state index contributed by atoms with van der Waals surface area (Å²) in [6, 6.07) is 1.45. The fraction of sp³-hybridized carbons (Fsp3) is 0.818. The van der Waals surface area contributed by atoms with Gasteiger partial charge in [-0.1, -0.05) is 19.9 Å². The predicted molar refractivity (Wildman–Crippen MR) is 54.2 cm³/mol. The molecule has 1 N–H and O–H groups in total. The Morgan fingerprint density at radius 2 is 2.08 bits per heavy atom. The van der Waals surface area contributed by atoms with E-state index in [-0.39, 0.29) is 0 Å². The van der Waals surface area contributed by atoms with Crippen molar-refractivity contribution in [2.24, 2.45) is 5.92 Å². The van der Waals surface area contributed by atoms with Gasteiger partial charge in [0.15, 0.2) is 0 Å². The SMILES string of the molecule is C=CC1CC[C@H]1NC(CC)CC. The summed E-state index contributed by atoms with van der Waals surface area (Å²) in [5, 5.41) is 3.68. The van der Waals surface area contributed by atoms with E-state index in [0.717, 1.165) is 18.0 Å². The monoisotopic (exact) mass is 167 g/mol. The molecule has 1 heteroatoms. The molecule has 0 aliphatic heterocycles. The predicted octanol–water partition coefficient (Wildman–Crippen LogP) is 2.73. The maximum atomic E-state index is 3.85. The first-order valence-corrected chi connectivity index (χ1v) is 5.20. The molecule has 0 aromatic heterocycles. The number of rotatable bonds is 5. The summed E-state index contributed by atoms with van der Waals surface area (Å²) in [7, 11) is 0. The van der Waals surface area contributed by atoms with Gasteiger partial charge in [0, 0.05) is 12.1 Å². The molecular weight excluding hydrogens is 146 g/mol. The van der Waals surface area contributed by atoms with Crippen LogP contribution in [0.25, 0.3) is 0 Å². The van der Waals surface area contributed by atoms with Crippen molar-refractivity contribution in [1.29, 1.82) is 0 Å². The molecule has 1 nitrogen and oxygen atoms in total. The van der Waals surface area contributed by atoms with E-state index in [1.165, 1.54) is 25.7 Å². The third-order valence-electron chi connectivity index (χ3n) is 3.07. The third kappa shape index (κ3) is 2.10. The van der Waals surface area contributed by atoms with Gasteiger partial charge in [-0.15, -0.1) is 6.58 Å². The van der Waals surface area contributed by atoms with Crippen LogP contribution in [0.5, 0.6) is 0 Å². The van der Waals surface area contributed by atoms with Gasteiger partial charge in [-0.2, -0.15) is 0 Å². The Kier molecular flexibility index (Phi) is 3.80. The van der Waals surface area contributed by atoms with Crippen molar-refractivity contribution in [1.82, 2.24) is 5.32 Å². The molecule has 0 aromatic carbocycles. The molecule has 0 aromatic rings. The van der Waals surface area contributed by atoms with E-state index in [1.807, 2.05) is 0 Å². The molecule has 1 aliphatic rings. The molecule has 0 amide bonds. The third-order valence-corrected chi connectivity index (χ3v) is 3.07. The minimum Gasteiger partial charge on any atom is -0.311 e. The maximum absolute atomic E-state index is 3.85. The first kappa shape index (κ1) is 9.79. The van der Waals surface area contributed by atoms with Gasteiger partial charge in [-0.3, -0.25) is 0 Å². The largest absolute Gasteiger partial charge is 0.311 e. The fourth-order valence-electron chi connectivity index (χ4n) is 1.84. The van der Waals surface area contributed by atoms with E-state index in [4.69, 9.17) is 0 Å². The van der Waals surface area contributed by atoms with Crippen LogP contribution in [0.2, 0.25) is 0 Å². The minimum absolute atomic E-state index is 0.720. The van der Waals surface area contributed by atoms with Crippen molar-refractivity contribution in [2.75, 3.05) is 0 Å². The highest BCUT2D eigenvalue weighted by molar-refractivity contribution is 4.97. The Bertz CT molecular complexity index is 138. The van der Waals surface area contributed by atoms with Crippen LogP contribution in [0.4, 0.5) is 0 Å². The summed E-state index contributed by atoms with van der Waals surface area (Å²) in [6.45, 7) is 8.36. The Balaban J connectivity index is 2.25. The van der Waals surface area contributed by atoms with Crippen LogP contribution in [0.3, 0.4) is 0 Å². The molecule has 1 fully saturated rings. The smallest absolute Gasteiger partial charge is 0.0133 e. The second kappa shape index (κ2) is 4.66. The Morgan fingerprint density at radius 3 is 2.42 bits per heavy atom. The second-order valence-electron chi connectivity index (χ2n) is 3.76. The standard InChI is InChI=1S/C11H21N/c1-4-9-7-8-11(9)12-10(5-2)6-3/h4,9-12H,1,5-8H2,2-3H3/t9?,11-/m1/s1. The fourth-order valence-corrected chi connectivity index (χ4v) is 1.84. The molecule has 1 rings (SSSR count). The normalized spacial score (nSPS) is 28.6. The summed E-state index contributed by atoms with van der Waals surface area (Å²) in [5.41, 5.74) is 0. The van der Waals surface area contributed by atoms with E-state index in [9.17, 15) is 0 Å². The van der Waals surface area contributed by atoms with Gasteiger partial charge in [0.25, 0.3) is 0 Å². The first-order valence-electron chi connectivity index (χ1n) is 5.20. The number of hydrogen-bond acceptors (Lipinski definition) is 1. The van der Waals surface area contributed by atoms with Crippen LogP contribution in [0.1, 0.15) is 39.5 Å². The molecule has 0 bridgehead atoms. The minimum atomic E-state index is 0.720. The van der Waals surface area contributed by atoms with Crippen molar-refractivity contribution < 1.29 is 0 Å². The van der Waals surface area contributed by atoms with Crippen LogP contribution >= 0.6 is 0 Å². The summed E-state index contributed by atoms with van der Waals surface area (Å²) < 4.78 is 0. The maximum Gasteiger partial charge on any atom is 0.0133 e. The Hall–Kier alpha value is -0.300. The average molecular weight is 167 g/mol. The van der Waals surface area contributed by atoms with Gasteiger partial charge in [-0.05, 0) is 31.6 Å². The topological polar surface area (TPSA) is 12.0 Å². The summed E-state index contributed by atoms with van der Waals surface area (Å²) in [6.07, 6.45) is 7.27. The lowest BCUT2D eigenvalue weighted by molar-refractivity contribution is 0.230. The summed E-state index contributed by atoms with van der Waals surface area (Å²) in [4.78, 5) is 0. The summed E-state index contributed by atoms with van der Waals surface area (Å²) in [5.74, 6) is 0.741. The molecule has 2 atom stereocenters. The first-order chi connectivity index (χ1) is 5.81. The molecule has 12 heavy (non-hydrogen) atoms. The van der Waals surface area contributed by atoms with Crippen molar-refractivity contribution >= 4 is 0 Å². The molecule has 1 saturated carbocycles. The van der Waals surface area contributed by atoms with E-state index in [1.54, 1.807) is 0 Å². The van der Waals surface area contributed by atoms with Crippen LogP contribution in [0, 0.1) is 5.92 Å². The molecule has 1 unspecified atom stereocenters. The lowest BCUT2D eigenvalue weighted by atomic mass is 9.79. The molecule has 70 valence electrons. The zero-order valence-corrected chi connectivity index (χ0v) is 8.34. The molecule has 0 heterocycles. The highest BCUT2D eigenvalue weighted by Gasteiger charge is 2.28. The molecule has 0 radical (unpaired) electrons. The Morgan fingerprint density at radius 1 is 1.42 bits per heavy atom. The quantitative estimate of drug-likeness (QED) is 0.621. The molecule has 1 aliphatic carbocycles. The van der Waals surface area contributed by atoms with Crippen molar-refractivity contribution in [2.45, 2.75) is 51.6 Å². The number of hydrogen-bond donors (Lipinski definition) is 1. The highest BCUT2D eigenvalue weighted by atomic mass is 15.0. The lowest BCUT2D eigenvalue weighted by Gasteiger charge is -2.37. The van der Waals surface area contributed by atoms with Gasteiger partial charge in [-0.25, -0.2) is 0 Å². The molecule has 0 spiro atoms. The van der Waals surface area contributed by atoms with Gasteiger partial charge >= 0.3 is 0 Å². The average Bonchev–Trinajstić information content (AvgIpc) is 2.05. The molecule has 0 saturated heterocycles. The van der Waals surface area contributed by atoms with Crippen molar-refractivity contribution in [3.63, 3.8) is 0 Å². The van der Waals surface area contributed by atoms with Gasteiger partial charge in [0.05, 0.1) is 0 Å². The van der Waals surface area contributed by atoms with Gasteiger partial charge in [0.2, 0.25) is 0 Å². The summed E-state index contributed by atoms with van der Waals surface area (Å²) >= 11 is 0. The van der Waals surface area contributed by atoms with Crippen LogP contribution in [-0.2, 0) is 0 Å². The van der Waals surface area contributed by atoms with E-state index in [2.05, 4.69) is 31.8 Å². The Labute approximate surface area is 76.2 Å². The number of nitrogens with one attached hydrogen (secondary N) is 1. The molecular formula is C11H21N. The van der Waals surface area contributed by atoms with E-state index < -0.39 is 0 Å². The van der Waals surface area contributed by atoms with Crippen LogP contribution < -0.4 is 5.32 Å². The van der Waals surface area contributed by atoms with Crippen molar-refractivity contribution in [3.8, 4) is 0 Å². The zero-order chi connectivity index (χ0) is 8.97. The van der Waals surface area contributed by atoms with Crippen LogP contribution in [-0.4, -0.2) is 12.1 Å². The van der Waals surface area contributed by atoms with Crippen molar-refractivity contribution in [3.05, 3.63) is 12.7 Å². The van der Waals surface area contributed by atoms with E-state index >= 15 is 0 Å². The van der Waals surface area contributed by atoms with Crippen LogP contribution in [0.15, 0.2) is 12.7 Å². The highest BCUT2D eigenvalue weighted by Crippen LogP contribution is 2.28. The van der Waals surface area contributed by atoms with Gasteiger partial charge < -0.3 is 5.32 Å². The van der Waals surface area contributed by atoms with Gasteiger partial charge in [0.1, 0.15) is 0 Å². The second-order valence-corrected chi connectivity index (χ2v) is 3.76. The van der Waals surface area contributed by atoms with E-state index in [0.29, 0.717) is 0 Å².